The van der Waals surface area contributed by atoms with Crippen LogP contribution in [0.4, 0.5) is 0 Å². The maximum Gasteiger partial charge on any atom is 0.0684 e. The lowest BCUT2D eigenvalue weighted by Crippen LogP contribution is -2.15. The van der Waals surface area contributed by atoms with E-state index in [9.17, 15) is 0 Å². The topological polar surface area (TPSA) is 29.9 Å². The summed E-state index contributed by atoms with van der Waals surface area (Å²) in [6, 6.07) is 9.65. The van der Waals surface area contributed by atoms with E-state index in [4.69, 9.17) is 0 Å². The largest absolute Gasteiger partial charge is 0.310 e. The molecule has 0 spiro atoms. The van der Waals surface area contributed by atoms with Crippen molar-refractivity contribution in [3.05, 3.63) is 41.6 Å². The fraction of sp³-hybridized carbons (Fsp3) is 0.471. The van der Waals surface area contributed by atoms with Crippen LogP contribution in [0.5, 0.6) is 0 Å². The smallest absolute Gasteiger partial charge is 0.0684 e. The molecule has 2 aromatic rings. The van der Waals surface area contributed by atoms with Crippen molar-refractivity contribution in [2.45, 2.75) is 52.2 Å². The van der Waals surface area contributed by atoms with Crippen LogP contribution >= 0.6 is 0 Å². The first-order chi connectivity index (χ1) is 9.78. The minimum Gasteiger partial charge on any atom is -0.310 e. The van der Waals surface area contributed by atoms with Crippen molar-refractivity contribution >= 4 is 0 Å². The van der Waals surface area contributed by atoms with E-state index in [0.717, 1.165) is 25.6 Å². The van der Waals surface area contributed by atoms with Crippen molar-refractivity contribution in [3.63, 3.8) is 0 Å². The molecule has 1 aliphatic rings. The van der Waals surface area contributed by atoms with E-state index in [-0.39, 0.29) is 0 Å². The van der Waals surface area contributed by atoms with Gasteiger partial charge in [0.05, 0.1) is 5.69 Å². The molecule has 3 rings (SSSR count). The van der Waals surface area contributed by atoms with Gasteiger partial charge in [-0.05, 0) is 43.4 Å². The number of rotatable bonds is 6. The summed E-state index contributed by atoms with van der Waals surface area (Å²) in [5.74, 6) is 0. The number of aromatic nitrogens is 2. The molecule has 0 amide bonds. The second kappa shape index (κ2) is 5.80. The van der Waals surface area contributed by atoms with E-state index in [1.165, 1.54) is 35.2 Å². The van der Waals surface area contributed by atoms with Gasteiger partial charge in [-0.1, -0.05) is 25.1 Å². The second-order valence-electron chi connectivity index (χ2n) is 5.74. The number of hydrogen-bond donors (Lipinski definition) is 1. The molecule has 1 fully saturated rings. The maximum atomic E-state index is 4.42. The van der Waals surface area contributed by atoms with E-state index >= 15 is 0 Å². The molecular weight excluding hydrogens is 246 g/mol. The lowest BCUT2D eigenvalue weighted by molar-refractivity contribution is 0.609. The van der Waals surface area contributed by atoms with Gasteiger partial charge in [0.1, 0.15) is 0 Å². The summed E-state index contributed by atoms with van der Waals surface area (Å²) in [6.07, 6.45) is 5.69. The van der Waals surface area contributed by atoms with E-state index in [1.54, 1.807) is 0 Å². The summed E-state index contributed by atoms with van der Waals surface area (Å²) < 4.78 is 2.10. The number of benzene rings is 1. The Morgan fingerprint density at radius 2 is 2.15 bits per heavy atom. The highest BCUT2D eigenvalue weighted by Crippen LogP contribution is 2.25. The van der Waals surface area contributed by atoms with Crippen molar-refractivity contribution in [2.75, 3.05) is 0 Å². The Balaban J connectivity index is 1.80. The van der Waals surface area contributed by atoms with Crippen LogP contribution in [-0.2, 0) is 13.1 Å². The van der Waals surface area contributed by atoms with Gasteiger partial charge >= 0.3 is 0 Å². The normalized spacial score (nSPS) is 14.7. The molecule has 3 heteroatoms. The molecule has 0 saturated heterocycles. The Labute approximate surface area is 121 Å². The van der Waals surface area contributed by atoms with E-state index in [2.05, 4.69) is 53.2 Å². The third kappa shape index (κ3) is 2.93. The molecule has 106 valence electrons. The standard InChI is InChI=1S/C17H23N3/c1-3-10-20-17(8-9-19-20)16-7-4-14(11-13(16)2)12-18-15-5-6-15/h4,7-9,11,15,18H,3,5-6,10,12H2,1-2H3. The molecule has 0 unspecified atom stereocenters. The van der Waals surface area contributed by atoms with Crippen LogP contribution in [0, 0.1) is 6.92 Å². The Hall–Kier alpha value is -1.61. The van der Waals surface area contributed by atoms with Gasteiger partial charge in [-0.3, -0.25) is 4.68 Å². The SMILES string of the molecule is CCCn1nccc1-c1ccc(CNC2CC2)cc1C. The summed E-state index contributed by atoms with van der Waals surface area (Å²) in [5, 5.41) is 7.99. The third-order valence-electron chi connectivity index (χ3n) is 3.89. The van der Waals surface area contributed by atoms with Gasteiger partial charge in [0.25, 0.3) is 0 Å². The molecule has 0 radical (unpaired) electrons. The number of nitrogens with one attached hydrogen (secondary N) is 1. The van der Waals surface area contributed by atoms with Gasteiger partial charge in [0.2, 0.25) is 0 Å². The minimum atomic E-state index is 0.765. The zero-order valence-electron chi connectivity index (χ0n) is 12.4. The van der Waals surface area contributed by atoms with Gasteiger partial charge in [-0.25, -0.2) is 0 Å². The molecule has 20 heavy (non-hydrogen) atoms. The van der Waals surface area contributed by atoms with Gasteiger partial charge in [0.15, 0.2) is 0 Å². The Morgan fingerprint density at radius 1 is 1.30 bits per heavy atom. The summed E-state index contributed by atoms with van der Waals surface area (Å²) in [4.78, 5) is 0. The van der Waals surface area contributed by atoms with Crippen molar-refractivity contribution in [2.24, 2.45) is 0 Å². The molecule has 1 aromatic heterocycles. The fourth-order valence-electron chi connectivity index (χ4n) is 2.62. The van der Waals surface area contributed by atoms with Crippen LogP contribution in [0.2, 0.25) is 0 Å². The molecule has 1 aliphatic carbocycles. The van der Waals surface area contributed by atoms with Crippen LogP contribution < -0.4 is 5.32 Å². The predicted molar refractivity (Wildman–Crippen MR) is 82.6 cm³/mol. The lowest BCUT2D eigenvalue weighted by atomic mass is 10.0. The van der Waals surface area contributed by atoms with Crippen molar-refractivity contribution < 1.29 is 0 Å². The first-order valence-electron chi connectivity index (χ1n) is 7.63. The van der Waals surface area contributed by atoms with Crippen molar-refractivity contribution in [1.82, 2.24) is 15.1 Å². The highest BCUT2D eigenvalue weighted by atomic mass is 15.3. The van der Waals surface area contributed by atoms with Gasteiger partial charge < -0.3 is 5.32 Å². The summed E-state index contributed by atoms with van der Waals surface area (Å²) >= 11 is 0. The highest BCUT2D eigenvalue weighted by Gasteiger charge is 2.20. The fourth-order valence-corrected chi connectivity index (χ4v) is 2.62. The van der Waals surface area contributed by atoms with E-state index < -0.39 is 0 Å². The van der Waals surface area contributed by atoms with Crippen molar-refractivity contribution in [3.8, 4) is 11.3 Å². The van der Waals surface area contributed by atoms with Gasteiger partial charge in [0, 0.05) is 30.9 Å². The van der Waals surface area contributed by atoms with Crippen LogP contribution in [0.3, 0.4) is 0 Å². The van der Waals surface area contributed by atoms with E-state index in [0.29, 0.717) is 0 Å². The first-order valence-corrected chi connectivity index (χ1v) is 7.63. The minimum absolute atomic E-state index is 0.765. The molecule has 1 aromatic carbocycles. The molecule has 1 saturated carbocycles. The number of hydrogen-bond acceptors (Lipinski definition) is 2. The molecule has 1 heterocycles. The van der Waals surface area contributed by atoms with E-state index in [1.807, 2.05) is 6.20 Å². The van der Waals surface area contributed by atoms with Crippen LogP contribution in [0.15, 0.2) is 30.5 Å². The first kappa shape index (κ1) is 13.4. The lowest BCUT2D eigenvalue weighted by Gasteiger charge is -2.11. The van der Waals surface area contributed by atoms with Crippen LogP contribution in [-0.4, -0.2) is 15.8 Å². The Kier molecular flexibility index (Phi) is 3.88. The summed E-state index contributed by atoms with van der Waals surface area (Å²) in [7, 11) is 0. The zero-order chi connectivity index (χ0) is 13.9. The third-order valence-corrected chi connectivity index (χ3v) is 3.89. The van der Waals surface area contributed by atoms with Crippen molar-refractivity contribution in [1.29, 1.82) is 0 Å². The quantitative estimate of drug-likeness (QED) is 0.869. The molecule has 3 nitrogen and oxygen atoms in total. The average molecular weight is 269 g/mol. The van der Waals surface area contributed by atoms with Gasteiger partial charge in [-0.2, -0.15) is 5.10 Å². The average Bonchev–Trinajstić information content (AvgIpc) is 3.17. The molecule has 0 aliphatic heterocycles. The number of aryl methyl sites for hydroxylation is 2. The molecule has 1 N–H and O–H groups in total. The monoisotopic (exact) mass is 269 g/mol. The molecular formula is C17H23N3. The number of nitrogens with zero attached hydrogens (tertiary/aromatic N) is 2. The molecule has 0 atom stereocenters. The summed E-state index contributed by atoms with van der Waals surface area (Å²) in [6.45, 7) is 6.34. The zero-order valence-corrected chi connectivity index (χ0v) is 12.4. The second-order valence-corrected chi connectivity index (χ2v) is 5.74. The Bertz CT molecular complexity index is 582. The molecule has 0 bridgehead atoms. The predicted octanol–water partition coefficient (Wildman–Crippen LogP) is 3.52. The summed E-state index contributed by atoms with van der Waals surface area (Å²) in [5.41, 5.74) is 5.23. The Morgan fingerprint density at radius 3 is 2.85 bits per heavy atom. The highest BCUT2D eigenvalue weighted by molar-refractivity contribution is 5.64. The maximum absolute atomic E-state index is 4.42. The van der Waals surface area contributed by atoms with Crippen LogP contribution in [0.1, 0.15) is 37.3 Å². The van der Waals surface area contributed by atoms with Gasteiger partial charge in [-0.15, -0.1) is 0 Å². The van der Waals surface area contributed by atoms with Crippen LogP contribution in [0.25, 0.3) is 11.3 Å².